The van der Waals surface area contributed by atoms with Gasteiger partial charge in [0.25, 0.3) is 0 Å². The maximum atomic E-state index is 12.3. The number of nitrogens with one attached hydrogen (secondary N) is 1. The van der Waals surface area contributed by atoms with Gasteiger partial charge >= 0.3 is 5.69 Å². The fraction of sp³-hybridized carbons (Fsp3) is 0.632. The van der Waals surface area contributed by atoms with Crippen LogP contribution < -0.4 is 5.69 Å². The molecule has 3 heterocycles. The summed E-state index contributed by atoms with van der Waals surface area (Å²) in [7, 11) is 0. The summed E-state index contributed by atoms with van der Waals surface area (Å²) >= 11 is 0. The molecular formula is C19H28N4O2. The van der Waals surface area contributed by atoms with E-state index in [-0.39, 0.29) is 5.69 Å². The highest BCUT2D eigenvalue weighted by atomic mass is 16.5. The fourth-order valence-electron chi connectivity index (χ4n) is 4.18. The number of rotatable bonds is 5. The van der Waals surface area contributed by atoms with Crippen LogP contribution in [-0.2, 0) is 4.74 Å². The normalized spacial score (nSPS) is 21.1. The highest BCUT2D eigenvalue weighted by Crippen LogP contribution is 2.24. The molecule has 6 heteroatoms. The predicted octanol–water partition coefficient (Wildman–Crippen LogP) is 1.69. The van der Waals surface area contributed by atoms with E-state index in [1.165, 1.54) is 13.0 Å². The molecule has 2 saturated heterocycles. The van der Waals surface area contributed by atoms with E-state index in [4.69, 9.17) is 4.74 Å². The van der Waals surface area contributed by atoms with Gasteiger partial charge in [-0.3, -0.25) is 9.47 Å². The number of fused-ring (bicyclic) bond motifs is 1. The van der Waals surface area contributed by atoms with Gasteiger partial charge in [-0.2, -0.15) is 0 Å². The molecule has 4 rings (SSSR count). The van der Waals surface area contributed by atoms with Crippen LogP contribution in [0.5, 0.6) is 0 Å². The maximum absolute atomic E-state index is 12.3. The summed E-state index contributed by atoms with van der Waals surface area (Å²) in [6.07, 6.45) is 3.33. The van der Waals surface area contributed by atoms with E-state index < -0.39 is 0 Å². The lowest BCUT2D eigenvalue weighted by atomic mass is 10.0. The molecule has 25 heavy (non-hydrogen) atoms. The molecule has 0 atom stereocenters. The number of H-pyrrole nitrogens is 1. The summed E-state index contributed by atoms with van der Waals surface area (Å²) in [5.74, 6) is 0. The van der Waals surface area contributed by atoms with E-state index in [2.05, 4.69) is 14.8 Å². The number of likely N-dealkylation sites (tertiary alicyclic amines) is 1. The van der Waals surface area contributed by atoms with E-state index in [1.807, 2.05) is 28.8 Å². The smallest absolute Gasteiger partial charge is 0.326 e. The molecule has 1 aromatic heterocycles. The van der Waals surface area contributed by atoms with Gasteiger partial charge in [-0.1, -0.05) is 12.1 Å². The van der Waals surface area contributed by atoms with Crippen molar-refractivity contribution >= 4 is 11.0 Å². The number of aromatic nitrogens is 2. The van der Waals surface area contributed by atoms with Crippen molar-refractivity contribution in [2.75, 3.05) is 52.5 Å². The molecule has 1 aromatic carbocycles. The Balaban J connectivity index is 1.29. The molecule has 0 aliphatic carbocycles. The SMILES string of the molecule is O=c1[nH]c2ccccc2n1C1CCN(CCCN2CCOCC2)CC1. The van der Waals surface area contributed by atoms with Crippen LogP contribution in [0, 0.1) is 0 Å². The van der Waals surface area contributed by atoms with Crippen LogP contribution in [0.1, 0.15) is 25.3 Å². The van der Waals surface area contributed by atoms with E-state index >= 15 is 0 Å². The van der Waals surface area contributed by atoms with Crippen molar-refractivity contribution in [3.8, 4) is 0 Å². The molecule has 2 fully saturated rings. The summed E-state index contributed by atoms with van der Waals surface area (Å²) < 4.78 is 7.37. The molecule has 0 saturated carbocycles. The summed E-state index contributed by atoms with van der Waals surface area (Å²) in [5.41, 5.74) is 2.02. The molecule has 0 radical (unpaired) electrons. The minimum Gasteiger partial charge on any atom is -0.379 e. The molecule has 0 amide bonds. The Morgan fingerprint density at radius 3 is 2.44 bits per heavy atom. The molecule has 2 aliphatic rings. The predicted molar refractivity (Wildman–Crippen MR) is 99.1 cm³/mol. The van der Waals surface area contributed by atoms with Crippen LogP contribution >= 0.6 is 0 Å². The monoisotopic (exact) mass is 344 g/mol. The van der Waals surface area contributed by atoms with Crippen molar-refractivity contribution in [3.63, 3.8) is 0 Å². The van der Waals surface area contributed by atoms with Gasteiger partial charge in [0.05, 0.1) is 24.2 Å². The second kappa shape index (κ2) is 7.72. The van der Waals surface area contributed by atoms with Gasteiger partial charge in [0, 0.05) is 32.2 Å². The van der Waals surface area contributed by atoms with Crippen molar-refractivity contribution in [2.45, 2.75) is 25.3 Å². The minimum absolute atomic E-state index is 0.0342. The number of hydrogen-bond acceptors (Lipinski definition) is 4. The first kappa shape index (κ1) is 16.8. The van der Waals surface area contributed by atoms with Gasteiger partial charge in [0.2, 0.25) is 0 Å². The number of aromatic amines is 1. The first-order valence-electron chi connectivity index (χ1n) is 9.53. The number of benzene rings is 1. The zero-order chi connectivity index (χ0) is 17.1. The first-order chi connectivity index (χ1) is 12.3. The van der Waals surface area contributed by atoms with Gasteiger partial charge in [0.1, 0.15) is 0 Å². The van der Waals surface area contributed by atoms with Crippen molar-refractivity contribution in [3.05, 3.63) is 34.7 Å². The number of hydrogen-bond donors (Lipinski definition) is 1. The molecule has 6 nitrogen and oxygen atoms in total. The Kier molecular flexibility index (Phi) is 5.20. The van der Waals surface area contributed by atoms with Gasteiger partial charge in [-0.25, -0.2) is 4.79 Å². The third-order valence-electron chi connectivity index (χ3n) is 5.60. The number of para-hydroxylation sites is 2. The Morgan fingerprint density at radius 2 is 1.68 bits per heavy atom. The lowest BCUT2D eigenvalue weighted by Gasteiger charge is -2.33. The summed E-state index contributed by atoms with van der Waals surface area (Å²) in [6.45, 7) is 8.41. The summed E-state index contributed by atoms with van der Waals surface area (Å²) in [4.78, 5) is 20.4. The van der Waals surface area contributed by atoms with Gasteiger partial charge in [-0.05, 0) is 44.5 Å². The molecule has 0 bridgehead atoms. The van der Waals surface area contributed by atoms with Crippen molar-refractivity contribution in [1.29, 1.82) is 0 Å². The molecule has 2 aromatic rings. The molecule has 136 valence electrons. The first-order valence-corrected chi connectivity index (χ1v) is 9.53. The van der Waals surface area contributed by atoms with E-state index in [0.717, 1.165) is 69.8 Å². The third-order valence-corrected chi connectivity index (χ3v) is 5.60. The van der Waals surface area contributed by atoms with E-state index in [1.54, 1.807) is 0 Å². The standard InChI is InChI=1S/C19H28N4O2/c24-19-20-17-4-1-2-5-18(17)23(19)16-6-10-21(11-7-16)8-3-9-22-12-14-25-15-13-22/h1-2,4-5,16H,3,6-15H2,(H,20,24). The Labute approximate surface area is 148 Å². The Hall–Kier alpha value is -1.63. The van der Waals surface area contributed by atoms with Gasteiger partial charge in [0.15, 0.2) is 0 Å². The van der Waals surface area contributed by atoms with Crippen molar-refractivity contribution in [2.24, 2.45) is 0 Å². The molecule has 1 N–H and O–H groups in total. The van der Waals surface area contributed by atoms with Crippen LogP contribution in [0.15, 0.2) is 29.1 Å². The van der Waals surface area contributed by atoms with Crippen molar-refractivity contribution < 1.29 is 4.74 Å². The molecule has 0 unspecified atom stereocenters. The second-order valence-corrected chi connectivity index (χ2v) is 7.20. The topological polar surface area (TPSA) is 53.5 Å². The van der Waals surface area contributed by atoms with E-state index in [0.29, 0.717) is 6.04 Å². The lowest BCUT2D eigenvalue weighted by Crippen LogP contribution is -2.40. The van der Waals surface area contributed by atoms with Crippen LogP contribution in [-0.4, -0.2) is 71.8 Å². The maximum Gasteiger partial charge on any atom is 0.326 e. The number of piperidine rings is 1. The van der Waals surface area contributed by atoms with Crippen LogP contribution in [0.2, 0.25) is 0 Å². The van der Waals surface area contributed by atoms with Gasteiger partial charge in [-0.15, -0.1) is 0 Å². The number of ether oxygens (including phenoxy) is 1. The third kappa shape index (κ3) is 3.81. The minimum atomic E-state index is 0.0342. The Bertz CT molecular complexity index is 739. The molecule has 2 aliphatic heterocycles. The summed E-state index contributed by atoms with van der Waals surface area (Å²) in [5, 5.41) is 0. The average Bonchev–Trinajstić information content (AvgIpc) is 2.99. The van der Waals surface area contributed by atoms with Crippen LogP contribution in [0.4, 0.5) is 0 Å². The molecular weight excluding hydrogens is 316 g/mol. The zero-order valence-corrected chi connectivity index (χ0v) is 14.8. The van der Waals surface area contributed by atoms with Crippen molar-refractivity contribution in [1.82, 2.24) is 19.4 Å². The zero-order valence-electron chi connectivity index (χ0n) is 14.8. The van der Waals surface area contributed by atoms with Crippen LogP contribution in [0.3, 0.4) is 0 Å². The average molecular weight is 344 g/mol. The lowest BCUT2D eigenvalue weighted by molar-refractivity contribution is 0.0356. The highest BCUT2D eigenvalue weighted by molar-refractivity contribution is 5.75. The highest BCUT2D eigenvalue weighted by Gasteiger charge is 2.23. The number of nitrogens with zero attached hydrogens (tertiary/aromatic N) is 3. The number of imidazole rings is 1. The summed E-state index contributed by atoms with van der Waals surface area (Å²) in [6, 6.07) is 8.32. The van der Waals surface area contributed by atoms with Gasteiger partial charge < -0.3 is 14.6 Å². The van der Waals surface area contributed by atoms with E-state index in [9.17, 15) is 4.79 Å². The second-order valence-electron chi connectivity index (χ2n) is 7.20. The Morgan fingerprint density at radius 1 is 1.00 bits per heavy atom. The quantitative estimate of drug-likeness (QED) is 0.897. The van der Waals surface area contributed by atoms with Crippen LogP contribution in [0.25, 0.3) is 11.0 Å². The fourth-order valence-corrected chi connectivity index (χ4v) is 4.18. The largest absolute Gasteiger partial charge is 0.379 e. The molecule has 0 spiro atoms. The number of morpholine rings is 1.